The molecule has 0 aromatic carbocycles. The quantitative estimate of drug-likeness (QED) is 0.750. The molecule has 1 aromatic rings. The summed E-state index contributed by atoms with van der Waals surface area (Å²) < 4.78 is 17.4. The molecule has 0 fully saturated rings. The molecule has 1 aliphatic heterocycles. The van der Waals surface area contributed by atoms with E-state index in [2.05, 4.69) is 4.98 Å². The molecule has 8 nitrogen and oxygen atoms in total. The summed E-state index contributed by atoms with van der Waals surface area (Å²) in [5, 5.41) is 0. The Labute approximate surface area is 137 Å². The highest BCUT2D eigenvalue weighted by atomic mass is 16.6. The molecule has 2 atom stereocenters. The second-order valence-electron chi connectivity index (χ2n) is 5.50. The third-order valence-corrected chi connectivity index (χ3v) is 3.99. The molecule has 0 amide bonds. The van der Waals surface area contributed by atoms with Crippen LogP contribution in [0.2, 0.25) is 0 Å². The van der Waals surface area contributed by atoms with Crippen LogP contribution in [-0.2, 0) is 35.1 Å². The minimum Gasteiger partial charge on any atom is -0.493 e. The summed E-state index contributed by atoms with van der Waals surface area (Å²) in [6.45, 7) is 2.16. The Hall–Kier alpha value is -2.90. The fraction of sp³-hybridized carbons (Fsp3) is 0.375. The van der Waals surface area contributed by atoms with E-state index < -0.39 is 24.0 Å². The normalized spacial score (nSPS) is 25.3. The van der Waals surface area contributed by atoms with E-state index in [0.29, 0.717) is 6.54 Å². The van der Waals surface area contributed by atoms with Gasteiger partial charge in [-0.3, -0.25) is 4.79 Å². The van der Waals surface area contributed by atoms with Crippen molar-refractivity contribution in [3.8, 4) is 0 Å². The molecular weight excluding hydrogens is 316 g/mol. The first-order valence-electron chi connectivity index (χ1n) is 7.40. The lowest BCUT2D eigenvalue weighted by Crippen LogP contribution is -2.37. The summed E-state index contributed by atoms with van der Waals surface area (Å²) in [7, 11) is 1.34. The molecule has 0 N–H and O–H groups in total. The van der Waals surface area contributed by atoms with Gasteiger partial charge in [0.25, 0.3) is 0 Å². The van der Waals surface area contributed by atoms with Gasteiger partial charge in [-0.25, -0.2) is 14.6 Å². The first kappa shape index (κ1) is 16.0. The van der Waals surface area contributed by atoms with Crippen LogP contribution in [0.3, 0.4) is 0 Å². The van der Waals surface area contributed by atoms with Gasteiger partial charge in [0, 0.05) is 43.4 Å². The first-order valence-corrected chi connectivity index (χ1v) is 7.40. The topological polar surface area (TPSA) is 96.7 Å². The number of esters is 2. The predicted molar refractivity (Wildman–Crippen MR) is 79.2 cm³/mol. The van der Waals surface area contributed by atoms with Gasteiger partial charge < -0.3 is 18.8 Å². The van der Waals surface area contributed by atoms with E-state index in [0.717, 1.165) is 18.0 Å². The lowest BCUT2D eigenvalue weighted by atomic mass is 9.88. The number of hydrogen-bond acceptors (Lipinski definition) is 7. The van der Waals surface area contributed by atoms with Gasteiger partial charge in [0.2, 0.25) is 11.5 Å². The maximum atomic E-state index is 12.7. The standard InChI is InChI=1S/C16H16N2O6/c1-9-17-5-6-18(9)8-10-7-11-15(22-2)16(14(10)21)24-13(20)4-3-12(19)23-11/h3-6,10-11H,7-8H2,1-2H3/b4-3-. The van der Waals surface area contributed by atoms with Crippen LogP contribution in [-0.4, -0.2) is 40.5 Å². The highest BCUT2D eigenvalue weighted by molar-refractivity contribution is 6.01. The summed E-state index contributed by atoms with van der Waals surface area (Å²) in [5.41, 5.74) is 0. The zero-order valence-electron chi connectivity index (χ0n) is 13.2. The summed E-state index contributed by atoms with van der Waals surface area (Å²) in [6.07, 6.45) is 4.72. The fourth-order valence-corrected chi connectivity index (χ4v) is 2.79. The van der Waals surface area contributed by atoms with Gasteiger partial charge in [0.15, 0.2) is 11.9 Å². The van der Waals surface area contributed by atoms with Crippen molar-refractivity contribution in [2.45, 2.75) is 26.0 Å². The highest BCUT2D eigenvalue weighted by Crippen LogP contribution is 2.32. The molecule has 0 spiro atoms. The summed E-state index contributed by atoms with van der Waals surface area (Å²) in [5.74, 6) is -1.82. The number of carbonyl (C=O) groups is 3. The number of Topliss-reactive ketones (excluding diaryl/α,β-unsaturated/α-hetero) is 1. The van der Waals surface area contributed by atoms with Gasteiger partial charge in [-0.1, -0.05) is 0 Å². The summed E-state index contributed by atoms with van der Waals surface area (Å²) in [4.78, 5) is 40.4. The first-order chi connectivity index (χ1) is 11.5. The van der Waals surface area contributed by atoms with Gasteiger partial charge in [-0.15, -0.1) is 0 Å². The van der Waals surface area contributed by atoms with Crippen LogP contribution in [0.5, 0.6) is 0 Å². The molecule has 8 heteroatoms. The zero-order chi connectivity index (χ0) is 17.3. The maximum Gasteiger partial charge on any atom is 0.336 e. The number of aryl methyl sites for hydroxylation is 1. The molecule has 1 aliphatic carbocycles. The van der Waals surface area contributed by atoms with Crippen LogP contribution in [0, 0.1) is 12.8 Å². The number of hydrogen-bond donors (Lipinski definition) is 0. The van der Waals surface area contributed by atoms with Crippen molar-refractivity contribution in [1.29, 1.82) is 0 Å². The van der Waals surface area contributed by atoms with Crippen molar-refractivity contribution in [3.05, 3.63) is 41.9 Å². The molecule has 0 radical (unpaired) electrons. The number of ketones is 1. The molecule has 3 rings (SSSR count). The monoisotopic (exact) mass is 332 g/mol. The van der Waals surface area contributed by atoms with Gasteiger partial charge in [-0.2, -0.15) is 0 Å². The SMILES string of the molecule is COC1=C2OC(=O)/C=C\C(=O)OC1CC(Cn1ccnc1C)C2=O. The minimum absolute atomic E-state index is 0.0593. The molecule has 24 heavy (non-hydrogen) atoms. The van der Waals surface area contributed by atoms with Crippen LogP contribution < -0.4 is 0 Å². The lowest BCUT2D eigenvalue weighted by molar-refractivity contribution is -0.147. The average Bonchev–Trinajstić information content (AvgIpc) is 2.95. The summed E-state index contributed by atoms with van der Waals surface area (Å²) in [6, 6.07) is 0. The molecule has 2 unspecified atom stereocenters. The van der Waals surface area contributed by atoms with Crippen LogP contribution in [0.4, 0.5) is 0 Å². The van der Waals surface area contributed by atoms with E-state index in [9.17, 15) is 14.4 Å². The Kier molecular flexibility index (Phi) is 4.20. The van der Waals surface area contributed by atoms with Crippen molar-refractivity contribution >= 4 is 17.7 Å². The summed E-state index contributed by atoms with van der Waals surface area (Å²) >= 11 is 0. The molecule has 2 heterocycles. The van der Waals surface area contributed by atoms with E-state index >= 15 is 0 Å². The second-order valence-corrected chi connectivity index (χ2v) is 5.50. The smallest absolute Gasteiger partial charge is 0.336 e. The largest absolute Gasteiger partial charge is 0.493 e. The molecule has 0 saturated heterocycles. The van der Waals surface area contributed by atoms with E-state index in [1.165, 1.54) is 7.11 Å². The van der Waals surface area contributed by atoms with Crippen LogP contribution in [0.25, 0.3) is 0 Å². The second kappa shape index (κ2) is 6.31. The van der Waals surface area contributed by atoms with Gasteiger partial charge in [0.1, 0.15) is 5.82 Å². The molecule has 2 aliphatic rings. The number of fused-ring (bicyclic) bond motifs is 1. The van der Waals surface area contributed by atoms with E-state index in [1.807, 2.05) is 11.5 Å². The van der Waals surface area contributed by atoms with Crippen molar-refractivity contribution < 1.29 is 28.6 Å². The minimum atomic E-state index is -0.829. The molecule has 0 saturated carbocycles. The molecule has 1 aromatic heterocycles. The molecule has 126 valence electrons. The number of ether oxygens (including phenoxy) is 3. The maximum absolute atomic E-state index is 12.7. The Morgan fingerprint density at radius 1 is 1.29 bits per heavy atom. The van der Waals surface area contributed by atoms with Gasteiger partial charge >= 0.3 is 11.9 Å². The predicted octanol–water partition coefficient (Wildman–Crippen LogP) is 0.663. The Bertz CT molecular complexity index is 760. The fourth-order valence-electron chi connectivity index (χ4n) is 2.79. The van der Waals surface area contributed by atoms with Gasteiger partial charge in [0.05, 0.1) is 7.11 Å². The molecule has 2 bridgehead atoms. The van der Waals surface area contributed by atoms with Crippen LogP contribution in [0.15, 0.2) is 36.1 Å². The molecular formula is C16H16N2O6. The highest BCUT2D eigenvalue weighted by Gasteiger charge is 2.41. The van der Waals surface area contributed by atoms with Crippen LogP contribution in [0.1, 0.15) is 12.2 Å². The van der Waals surface area contributed by atoms with E-state index in [1.54, 1.807) is 12.4 Å². The van der Waals surface area contributed by atoms with E-state index in [4.69, 9.17) is 14.2 Å². The van der Waals surface area contributed by atoms with Crippen molar-refractivity contribution in [2.24, 2.45) is 5.92 Å². The Morgan fingerprint density at radius 3 is 2.71 bits per heavy atom. The Morgan fingerprint density at radius 2 is 2.04 bits per heavy atom. The number of rotatable bonds is 3. The third kappa shape index (κ3) is 2.94. The van der Waals surface area contributed by atoms with E-state index in [-0.39, 0.29) is 23.7 Å². The zero-order valence-corrected chi connectivity index (χ0v) is 13.2. The number of nitrogens with zero attached hydrogens (tertiary/aromatic N) is 2. The third-order valence-electron chi connectivity index (χ3n) is 3.99. The Balaban J connectivity index is 1.96. The number of imidazole rings is 1. The lowest BCUT2D eigenvalue weighted by Gasteiger charge is -2.30. The van der Waals surface area contributed by atoms with Crippen molar-refractivity contribution in [1.82, 2.24) is 9.55 Å². The van der Waals surface area contributed by atoms with Crippen molar-refractivity contribution in [3.63, 3.8) is 0 Å². The van der Waals surface area contributed by atoms with Crippen molar-refractivity contribution in [2.75, 3.05) is 7.11 Å². The van der Waals surface area contributed by atoms with Gasteiger partial charge in [-0.05, 0) is 6.92 Å². The van der Waals surface area contributed by atoms with Crippen LogP contribution >= 0.6 is 0 Å². The number of methoxy groups -OCH3 is 1. The number of aromatic nitrogens is 2. The number of allylic oxidation sites excluding steroid dienone is 1. The average molecular weight is 332 g/mol. The number of carbonyl (C=O) groups excluding carboxylic acids is 3.